The van der Waals surface area contributed by atoms with Crippen LogP contribution in [0.4, 0.5) is 0 Å². The third-order valence-corrected chi connectivity index (χ3v) is 4.32. The number of piperidine rings is 1. The first-order valence-corrected chi connectivity index (χ1v) is 8.72. The lowest BCUT2D eigenvalue weighted by molar-refractivity contribution is -0.128. The van der Waals surface area contributed by atoms with Gasteiger partial charge in [0, 0.05) is 24.5 Å². The van der Waals surface area contributed by atoms with Crippen LogP contribution in [0, 0.1) is 11.3 Å². The number of carbonyl (C=O) groups is 2. The van der Waals surface area contributed by atoms with Gasteiger partial charge in [0.05, 0.1) is 6.26 Å². The highest BCUT2D eigenvalue weighted by atomic mass is 16.3. The maximum atomic E-state index is 12.6. The smallest absolute Gasteiger partial charge is 0.289 e. The van der Waals surface area contributed by atoms with E-state index in [0.717, 1.165) is 6.42 Å². The maximum Gasteiger partial charge on any atom is 0.289 e. The highest BCUT2D eigenvalue weighted by molar-refractivity contribution is 5.91. The third kappa shape index (κ3) is 5.11. The van der Waals surface area contributed by atoms with Crippen molar-refractivity contribution < 1.29 is 14.0 Å². The Bertz CT molecular complexity index is 562. The molecule has 1 aromatic rings. The summed E-state index contributed by atoms with van der Waals surface area (Å²) in [5, 5.41) is 3.19. The minimum atomic E-state index is -0.226. The fourth-order valence-corrected chi connectivity index (χ4v) is 3.71. The molecule has 1 aliphatic rings. The molecule has 0 unspecified atom stereocenters. The topological polar surface area (TPSA) is 62.6 Å². The van der Waals surface area contributed by atoms with Gasteiger partial charge in [0.25, 0.3) is 5.91 Å². The number of hydrogen-bond donors (Lipinski definition) is 1. The molecule has 1 saturated heterocycles. The number of amides is 2. The van der Waals surface area contributed by atoms with Crippen molar-refractivity contribution in [2.75, 3.05) is 13.1 Å². The summed E-state index contributed by atoms with van der Waals surface area (Å²) < 4.78 is 5.16. The second-order valence-corrected chi connectivity index (χ2v) is 8.65. The molecule has 0 aromatic carbocycles. The summed E-state index contributed by atoms with van der Waals surface area (Å²) in [6.45, 7) is 11.9. The quantitative estimate of drug-likeness (QED) is 0.917. The normalized spacial score (nSPS) is 17.0. The molecule has 1 aromatic heterocycles. The van der Waals surface area contributed by atoms with Crippen LogP contribution in [-0.4, -0.2) is 35.3 Å². The molecule has 1 aliphatic heterocycles. The van der Waals surface area contributed by atoms with Crippen LogP contribution in [0.15, 0.2) is 22.8 Å². The van der Waals surface area contributed by atoms with E-state index in [1.54, 1.807) is 17.0 Å². The van der Waals surface area contributed by atoms with Gasteiger partial charge < -0.3 is 14.6 Å². The van der Waals surface area contributed by atoms with Crippen molar-refractivity contribution in [1.82, 2.24) is 10.2 Å². The van der Waals surface area contributed by atoms with Gasteiger partial charge in [-0.2, -0.15) is 0 Å². The first-order valence-electron chi connectivity index (χ1n) is 8.72. The standard InChI is InChI=1S/C19H30N2O3/c1-18(2,3)13-19(4,5)20-16(22)14-8-10-21(11-9-14)17(23)15-7-6-12-24-15/h6-7,12,14H,8-11,13H2,1-5H3,(H,20,22). The Morgan fingerprint density at radius 2 is 1.83 bits per heavy atom. The molecule has 0 saturated carbocycles. The second-order valence-electron chi connectivity index (χ2n) is 8.65. The van der Waals surface area contributed by atoms with Gasteiger partial charge in [-0.15, -0.1) is 0 Å². The molecule has 134 valence electrons. The number of nitrogens with one attached hydrogen (secondary N) is 1. The summed E-state index contributed by atoms with van der Waals surface area (Å²) in [6.07, 6.45) is 3.82. The Labute approximate surface area is 144 Å². The SMILES string of the molecule is CC(C)(C)CC(C)(C)NC(=O)C1CCN(C(=O)c2ccco2)CC1. The van der Waals surface area contributed by atoms with Crippen molar-refractivity contribution in [3.05, 3.63) is 24.2 Å². The molecule has 0 radical (unpaired) electrons. The molecule has 5 heteroatoms. The van der Waals surface area contributed by atoms with E-state index >= 15 is 0 Å². The largest absolute Gasteiger partial charge is 0.459 e. The van der Waals surface area contributed by atoms with Crippen LogP contribution < -0.4 is 5.32 Å². The van der Waals surface area contributed by atoms with Crippen LogP contribution in [0.3, 0.4) is 0 Å². The zero-order valence-corrected chi connectivity index (χ0v) is 15.5. The van der Waals surface area contributed by atoms with Gasteiger partial charge in [-0.1, -0.05) is 20.8 Å². The van der Waals surface area contributed by atoms with Gasteiger partial charge in [0.1, 0.15) is 0 Å². The Morgan fingerprint density at radius 1 is 1.21 bits per heavy atom. The lowest BCUT2D eigenvalue weighted by Crippen LogP contribution is -2.50. The zero-order valence-electron chi connectivity index (χ0n) is 15.5. The highest BCUT2D eigenvalue weighted by Crippen LogP contribution is 2.28. The van der Waals surface area contributed by atoms with Gasteiger partial charge in [-0.05, 0) is 50.7 Å². The van der Waals surface area contributed by atoms with Crippen LogP contribution in [0.25, 0.3) is 0 Å². The molecular formula is C19H30N2O3. The minimum Gasteiger partial charge on any atom is -0.459 e. The maximum absolute atomic E-state index is 12.6. The Balaban J connectivity index is 1.85. The molecule has 2 rings (SSSR count). The van der Waals surface area contributed by atoms with E-state index in [1.165, 1.54) is 6.26 Å². The molecular weight excluding hydrogens is 304 g/mol. The summed E-state index contributed by atoms with van der Waals surface area (Å²) >= 11 is 0. The van der Waals surface area contributed by atoms with E-state index in [4.69, 9.17) is 4.42 Å². The fourth-order valence-electron chi connectivity index (χ4n) is 3.71. The molecule has 2 heterocycles. The first-order chi connectivity index (χ1) is 11.1. The van der Waals surface area contributed by atoms with Crippen LogP contribution in [0.5, 0.6) is 0 Å². The van der Waals surface area contributed by atoms with E-state index < -0.39 is 0 Å². The Kier molecular flexibility index (Phi) is 5.41. The number of furan rings is 1. The number of likely N-dealkylation sites (tertiary alicyclic amines) is 1. The van der Waals surface area contributed by atoms with E-state index in [9.17, 15) is 9.59 Å². The minimum absolute atomic E-state index is 0.0232. The monoisotopic (exact) mass is 334 g/mol. The lowest BCUT2D eigenvalue weighted by Gasteiger charge is -2.36. The summed E-state index contributed by atoms with van der Waals surface area (Å²) in [4.78, 5) is 26.6. The van der Waals surface area contributed by atoms with E-state index in [-0.39, 0.29) is 28.7 Å². The van der Waals surface area contributed by atoms with Gasteiger partial charge in [-0.3, -0.25) is 9.59 Å². The Hall–Kier alpha value is -1.78. The van der Waals surface area contributed by atoms with E-state index in [2.05, 4.69) is 39.9 Å². The van der Waals surface area contributed by atoms with Gasteiger partial charge in [-0.25, -0.2) is 0 Å². The van der Waals surface area contributed by atoms with Crippen LogP contribution >= 0.6 is 0 Å². The average Bonchev–Trinajstić information content (AvgIpc) is 2.97. The third-order valence-electron chi connectivity index (χ3n) is 4.32. The van der Waals surface area contributed by atoms with E-state index in [1.807, 2.05) is 0 Å². The first kappa shape index (κ1) is 18.6. The van der Waals surface area contributed by atoms with Crippen molar-refractivity contribution in [2.45, 2.75) is 59.4 Å². The van der Waals surface area contributed by atoms with Crippen LogP contribution in [-0.2, 0) is 4.79 Å². The summed E-state index contributed by atoms with van der Waals surface area (Å²) in [6, 6.07) is 3.39. The number of rotatable bonds is 4. The van der Waals surface area contributed by atoms with Crippen molar-refractivity contribution in [1.29, 1.82) is 0 Å². The van der Waals surface area contributed by atoms with Crippen molar-refractivity contribution in [2.24, 2.45) is 11.3 Å². The second kappa shape index (κ2) is 6.99. The summed E-state index contributed by atoms with van der Waals surface area (Å²) in [7, 11) is 0. The average molecular weight is 334 g/mol. The zero-order chi connectivity index (χ0) is 18.0. The molecule has 0 aliphatic carbocycles. The van der Waals surface area contributed by atoms with Gasteiger partial charge in [0.15, 0.2) is 5.76 Å². The van der Waals surface area contributed by atoms with Crippen molar-refractivity contribution in [3.8, 4) is 0 Å². The molecule has 0 spiro atoms. The number of carbonyl (C=O) groups excluding carboxylic acids is 2. The van der Waals surface area contributed by atoms with Gasteiger partial charge in [0.2, 0.25) is 5.91 Å². The molecule has 0 atom stereocenters. The predicted molar refractivity (Wildman–Crippen MR) is 93.6 cm³/mol. The van der Waals surface area contributed by atoms with Gasteiger partial charge >= 0.3 is 0 Å². The van der Waals surface area contributed by atoms with Crippen molar-refractivity contribution >= 4 is 11.8 Å². The molecule has 0 bridgehead atoms. The highest BCUT2D eigenvalue weighted by Gasteiger charge is 2.32. The number of nitrogens with zero attached hydrogens (tertiary/aromatic N) is 1. The fraction of sp³-hybridized carbons (Fsp3) is 0.684. The van der Waals surface area contributed by atoms with Crippen molar-refractivity contribution in [3.63, 3.8) is 0 Å². The number of hydrogen-bond acceptors (Lipinski definition) is 3. The van der Waals surface area contributed by atoms with E-state index in [0.29, 0.717) is 31.7 Å². The molecule has 24 heavy (non-hydrogen) atoms. The molecule has 2 amide bonds. The molecule has 5 nitrogen and oxygen atoms in total. The lowest BCUT2D eigenvalue weighted by atomic mass is 9.81. The van der Waals surface area contributed by atoms with Crippen LogP contribution in [0.1, 0.15) is 64.4 Å². The van der Waals surface area contributed by atoms with Crippen LogP contribution in [0.2, 0.25) is 0 Å². The summed E-state index contributed by atoms with van der Waals surface area (Å²) in [5.41, 5.74) is -0.0634. The molecule has 1 N–H and O–H groups in total. The molecule has 1 fully saturated rings. The summed E-state index contributed by atoms with van der Waals surface area (Å²) in [5.74, 6) is 0.357. The Morgan fingerprint density at radius 3 is 2.33 bits per heavy atom. The predicted octanol–water partition coefficient (Wildman–Crippen LogP) is 3.46.